The van der Waals surface area contributed by atoms with E-state index in [1.165, 1.54) is 44.5 Å². The Balaban J connectivity index is 0.000000168. The first kappa shape index (κ1) is 28.8. The Labute approximate surface area is 252 Å². The van der Waals surface area contributed by atoms with Crippen LogP contribution in [0.4, 0.5) is 0 Å². The van der Waals surface area contributed by atoms with E-state index in [-0.39, 0.29) is 0 Å². The van der Waals surface area contributed by atoms with Gasteiger partial charge in [0.2, 0.25) is 0 Å². The lowest BCUT2D eigenvalue weighted by atomic mass is 9.87. The minimum absolute atomic E-state index is 0.524. The molecular weight excluding hydrogens is 504 g/mol. The molecule has 6 rings (SSSR count). The highest BCUT2D eigenvalue weighted by atomic mass is 14.2. The molecule has 0 heterocycles. The van der Waals surface area contributed by atoms with Crippen molar-refractivity contribution in [1.82, 2.24) is 0 Å². The van der Waals surface area contributed by atoms with Gasteiger partial charge < -0.3 is 0 Å². The van der Waals surface area contributed by atoms with Crippen molar-refractivity contribution in [1.29, 1.82) is 0 Å². The van der Waals surface area contributed by atoms with Gasteiger partial charge >= 0.3 is 0 Å². The summed E-state index contributed by atoms with van der Waals surface area (Å²) in [6.07, 6.45) is 4.18. The SMILES string of the molecule is Cc1cccc(Cc2ccccc2)c1Cc1ccccc1.c1ccc(CC(Cc2ccccc2)c2ccccc2)cc1. The van der Waals surface area contributed by atoms with Crippen molar-refractivity contribution in [2.45, 2.75) is 38.5 Å². The molecule has 0 aliphatic rings. The van der Waals surface area contributed by atoms with E-state index in [2.05, 4.69) is 177 Å². The maximum Gasteiger partial charge on any atom is -0.00203 e. The van der Waals surface area contributed by atoms with Crippen LogP contribution in [0.15, 0.2) is 170 Å². The van der Waals surface area contributed by atoms with E-state index in [0.717, 1.165) is 25.7 Å². The Morgan fingerprint density at radius 1 is 0.381 bits per heavy atom. The molecule has 6 aromatic carbocycles. The molecule has 0 unspecified atom stereocenters. The van der Waals surface area contributed by atoms with Crippen molar-refractivity contribution in [3.05, 3.63) is 214 Å². The van der Waals surface area contributed by atoms with Gasteiger partial charge in [-0.3, -0.25) is 0 Å². The van der Waals surface area contributed by atoms with Gasteiger partial charge in [-0.05, 0) is 83.0 Å². The van der Waals surface area contributed by atoms with Crippen molar-refractivity contribution < 1.29 is 0 Å². The number of aryl methyl sites for hydroxylation is 1. The van der Waals surface area contributed by atoms with E-state index in [1.54, 1.807) is 0 Å². The standard InChI is InChI=1S/2C21H20/c1-17-9-8-14-20(15-18-10-4-2-5-11-18)21(17)16-19-12-6-3-7-13-19;1-4-10-18(11-5-1)16-21(20-14-8-3-9-15-20)17-19-12-6-2-7-13-19/h2-14H,15-16H2,1H3;1-15,21H,16-17H2. The summed E-state index contributed by atoms with van der Waals surface area (Å²) in [4.78, 5) is 0. The topological polar surface area (TPSA) is 0 Å². The Morgan fingerprint density at radius 2 is 0.786 bits per heavy atom. The molecule has 42 heavy (non-hydrogen) atoms. The fourth-order valence-electron chi connectivity index (χ4n) is 5.63. The molecule has 0 radical (unpaired) electrons. The van der Waals surface area contributed by atoms with Gasteiger partial charge in [-0.15, -0.1) is 0 Å². The van der Waals surface area contributed by atoms with Crippen LogP contribution in [0.1, 0.15) is 50.4 Å². The number of rotatable bonds is 9. The van der Waals surface area contributed by atoms with Gasteiger partial charge in [0.25, 0.3) is 0 Å². The van der Waals surface area contributed by atoms with E-state index in [1.807, 2.05) is 0 Å². The average molecular weight is 545 g/mol. The van der Waals surface area contributed by atoms with E-state index in [9.17, 15) is 0 Å². The molecule has 0 spiro atoms. The molecule has 0 saturated carbocycles. The first-order chi connectivity index (χ1) is 20.7. The van der Waals surface area contributed by atoms with Crippen LogP contribution in [0.3, 0.4) is 0 Å². The third-order valence-corrected chi connectivity index (χ3v) is 7.89. The highest BCUT2D eigenvalue weighted by Gasteiger charge is 2.13. The zero-order valence-corrected chi connectivity index (χ0v) is 24.6. The Morgan fingerprint density at radius 3 is 1.26 bits per heavy atom. The Hall–Kier alpha value is -4.68. The van der Waals surface area contributed by atoms with Crippen LogP contribution in [0.2, 0.25) is 0 Å². The smallest absolute Gasteiger partial charge is 0.00203 e. The van der Waals surface area contributed by atoms with E-state index >= 15 is 0 Å². The summed E-state index contributed by atoms with van der Waals surface area (Å²) in [6.45, 7) is 2.22. The fourth-order valence-corrected chi connectivity index (χ4v) is 5.63. The van der Waals surface area contributed by atoms with Crippen LogP contribution in [-0.4, -0.2) is 0 Å². The molecule has 6 aromatic rings. The highest BCUT2D eigenvalue weighted by Crippen LogP contribution is 2.25. The Bertz CT molecular complexity index is 1550. The second kappa shape index (κ2) is 15.4. The zero-order valence-electron chi connectivity index (χ0n) is 24.6. The van der Waals surface area contributed by atoms with Gasteiger partial charge in [-0.2, -0.15) is 0 Å². The average Bonchev–Trinajstić information content (AvgIpc) is 3.05. The van der Waals surface area contributed by atoms with Crippen molar-refractivity contribution >= 4 is 0 Å². The van der Waals surface area contributed by atoms with Gasteiger partial charge in [-0.1, -0.05) is 170 Å². The molecular formula is C42H40. The van der Waals surface area contributed by atoms with Gasteiger partial charge in [0.1, 0.15) is 0 Å². The van der Waals surface area contributed by atoms with Gasteiger partial charge in [-0.25, -0.2) is 0 Å². The van der Waals surface area contributed by atoms with E-state index < -0.39 is 0 Å². The zero-order chi connectivity index (χ0) is 28.8. The summed E-state index contributed by atoms with van der Waals surface area (Å²) < 4.78 is 0. The molecule has 0 N–H and O–H groups in total. The summed E-state index contributed by atoms with van der Waals surface area (Å²) in [5, 5.41) is 0. The summed E-state index contributed by atoms with van der Waals surface area (Å²) >= 11 is 0. The van der Waals surface area contributed by atoms with E-state index in [0.29, 0.717) is 5.92 Å². The van der Waals surface area contributed by atoms with Gasteiger partial charge in [0.05, 0.1) is 0 Å². The Kier molecular flexibility index (Phi) is 10.5. The molecule has 0 nitrogen and oxygen atoms in total. The molecule has 0 fully saturated rings. The molecule has 0 atom stereocenters. The number of hydrogen-bond acceptors (Lipinski definition) is 0. The van der Waals surface area contributed by atoms with Crippen LogP contribution in [-0.2, 0) is 25.7 Å². The fraction of sp³-hybridized carbons (Fsp3) is 0.143. The predicted octanol–water partition coefficient (Wildman–Crippen LogP) is 10.4. The quantitative estimate of drug-likeness (QED) is 0.170. The molecule has 0 heteroatoms. The monoisotopic (exact) mass is 544 g/mol. The first-order valence-electron chi connectivity index (χ1n) is 15.0. The second-order valence-corrected chi connectivity index (χ2v) is 11.0. The molecule has 0 aromatic heterocycles. The van der Waals surface area contributed by atoms with Crippen LogP contribution in [0.25, 0.3) is 0 Å². The first-order valence-corrected chi connectivity index (χ1v) is 15.0. The minimum Gasteiger partial charge on any atom is -0.0622 e. The lowest BCUT2D eigenvalue weighted by Gasteiger charge is -2.18. The molecule has 0 amide bonds. The molecule has 0 bridgehead atoms. The lowest BCUT2D eigenvalue weighted by Crippen LogP contribution is -2.06. The van der Waals surface area contributed by atoms with Crippen molar-refractivity contribution in [3.63, 3.8) is 0 Å². The summed E-state index contributed by atoms with van der Waals surface area (Å²) in [5.41, 5.74) is 11.3. The number of benzene rings is 6. The molecule has 0 saturated heterocycles. The molecule has 0 aliphatic carbocycles. The van der Waals surface area contributed by atoms with E-state index in [4.69, 9.17) is 0 Å². The summed E-state index contributed by atoms with van der Waals surface area (Å²) in [7, 11) is 0. The van der Waals surface area contributed by atoms with Crippen molar-refractivity contribution in [2.75, 3.05) is 0 Å². The van der Waals surface area contributed by atoms with Crippen molar-refractivity contribution in [3.8, 4) is 0 Å². The maximum absolute atomic E-state index is 2.26. The normalized spacial score (nSPS) is 10.6. The highest BCUT2D eigenvalue weighted by molar-refractivity contribution is 5.41. The van der Waals surface area contributed by atoms with Gasteiger partial charge in [0.15, 0.2) is 0 Å². The molecule has 0 aliphatic heterocycles. The maximum atomic E-state index is 2.26. The summed E-state index contributed by atoms with van der Waals surface area (Å²) in [6, 6.07) is 60.5. The van der Waals surface area contributed by atoms with Crippen LogP contribution >= 0.6 is 0 Å². The lowest BCUT2D eigenvalue weighted by molar-refractivity contribution is 0.680. The largest absolute Gasteiger partial charge is 0.0622 e. The van der Waals surface area contributed by atoms with Gasteiger partial charge in [0, 0.05) is 0 Å². The number of hydrogen-bond donors (Lipinski definition) is 0. The van der Waals surface area contributed by atoms with Crippen LogP contribution in [0, 0.1) is 6.92 Å². The minimum atomic E-state index is 0.524. The third-order valence-electron chi connectivity index (χ3n) is 7.89. The van der Waals surface area contributed by atoms with Crippen LogP contribution in [0.5, 0.6) is 0 Å². The third kappa shape index (κ3) is 8.66. The summed E-state index contributed by atoms with van der Waals surface area (Å²) in [5.74, 6) is 0.524. The second-order valence-electron chi connectivity index (χ2n) is 11.0. The predicted molar refractivity (Wildman–Crippen MR) is 179 cm³/mol. The molecule has 208 valence electrons. The van der Waals surface area contributed by atoms with Crippen molar-refractivity contribution in [2.24, 2.45) is 0 Å². The van der Waals surface area contributed by atoms with Crippen LogP contribution < -0.4 is 0 Å².